The summed E-state index contributed by atoms with van der Waals surface area (Å²) in [6.45, 7) is 2.26. The zero-order valence-electron chi connectivity index (χ0n) is 9.77. The molecule has 0 aliphatic carbocycles. The van der Waals surface area contributed by atoms with Gasteiger partial charge in [-0.15, -0.1) is 0 Å². The van der Waals surface area contributed by atoms with Crippen molar-refractivity contribution in [2.45, 2.75) is 13.0 Å². The Labute approximate surface area is 109 Å². The van der Waals surface area contributed by atoms with Crippen molar-refractivity contribution in [3.05, 3.63) is 22.8 Å². The number of pyridine rings is 1. The molecular formula is C11H15BrN2O3. The van der Waals surface area contributed by atoms with E-state index < -0.39 is 0 Å². The van der Waals surface area contributed by atoms with Gasteiger partial charge in [0.1, 0.15) is 13.2 Å². The van der Waals surface area contributed by atoms with Gasteiger partial charge in [0.25, 0.3) is 0 Å². The highest BCUT2D eigenvalue weighted by Crippen LogP contribution is 2.20. The van der Waals surface area contributed by atoms with E-state index in [0.717, 1.165) is 4.47 Å². The monoisotopic (exact) mass is 302 g/mol. The molecule has 0 spiro atoms. The molecule has 5 nitrogen and oxygen atoms in total. The largest absolute Gasteiger partial charge is 0.475 e. The lowest BCUT2D eigenvalue weighted by Crippen LogP contribution is -2.38. The molecule has 1 atom stereocenters. The van der Waals surface area contributed by atoms with Crippen LogP contribution in [0.4, 0.5) is 0 Å². The number of ether oxygens (including phenoxy) is 2. The van der Waals surface area contributed by atoms with Gasteiger partial charge in [0.15, 0.2) is 0 Å². The van der Waals surface area contributed by atoms with Crippen molar-refractivity contribution in [2.24, 2.45) is 0 Å². The van der Waals surface area contributed by atoms with Gasteiger partial charge in [0.05, 0.1) is 10.5 Å². The zero-order chi connectivity index (χ0) is 12.7. The van der Waals surface area contributed by atoms with Gasteiger partial charge in [0, 0.05) is 13.3 Å². The van der Waals surface area contributed by atoms with Crippen molar-refractivity contribution < 1.29 is 14.3 Å². The maximum absolute atomic E-state index is 11.2. The highest BCUT2D eigenvalue weighted by molar-refractivity contribution is 9.10. The van der Waals surface area contributed by atoms with Crippen LogP contribution in [-0.4, -0.2) is 37.3 Å². The summed E-state index contributed by atoms with van der Waals surface area (Å²) >= 11 is 3.33. The van der Waals surface area contributed by atoms with E-state index in [0.29, 0.717) is 12.5 Å². The van der Waals surface area contributed by atoms with Crippen molar-refractivity contribution in [3.8, 4) is 5.88 Å². The van der Waals surface area contributed by atoms with Crippen molar-refractivity contribution in [2.75, 3.05) is 20.3 Å². The minimum Gasteiger partial charge on any atom is -0.475 e. The standard InChI is InChI=1S/C11H15BrN2O3/c1-8(14-10(15)7-16-2)6-17-11-9(12)4-3-5-13-11/h3-5,8H,6-7H2,1-2H3,(H,14,15). The normalized spacial score (nSPS) is 11.9. The summed E-state index contributed by atoms with van der Waals surface area (Å²) in [5, 5.41) is 2.74. The molecule has 1 unspecified atom stereocenters. The Morgan fingerprint density at radius 1 is 1.65 bits per heavy atom. The van der Waals surface area contributed by atoms with Crippen LogP contribution in [-0.2, 0) is 9.53 Å². The first-order valence-corrected chi connectivity index (χ1v) is 5.94. The summed E-state index contributed by atoms with van der Waals surface area (Å²) in [4.78, 5) is 15.3. The molecule has 1 rings (SSSR count). The zero-order valence-corrected chi connectivity index (χ0v) is 11.4. The molecule has 0 aromatic carbocycles. The molecule has 0 bridgehead atoms. The number of nitrogens with zero attached hydrogens (tertiary/aromatic N) is 1. The van der Waals surface area contributed by atoms with Gasteiger partial charge in [0.2, 0.25) is 11.8 Å². The van der Waals surface area contributed by atoms with Gasteiger partial charge in [-0.05, 0) is 35.0 Å². The molecule has 1 aromatic heterocycles. The molecule has 1 amide bonds. The fraction of sp³-hybridized carbons (Fsp3) is 0.455. The molecule has 94 valence electrons. The highest BCUT2D eigenvalue weighted by atomic mass is 79.9. The van der Waals surface area contributed by atoms with Gasteiger partial charge in [-0.1, -0.05) is 0 Å². The minimum atomic E-state index is -0.163. The first-order chi connectivity index (χ1) is 8.13. The fourth-order valence-electron chi connectivity index (χ4n) is 1.17. The summed E-state index contributed by atoms with van der Waals surface area (Å²) in [6, 6.07) is 3.54. The van der Waals surface area contributed by atoms with E-state index in [1.54, 1.807) is 12.3 Å². The number of hydrogen-bond donors (Lipinski definition) is 1. The molecule has 1 heterocycles. The lowest BCUT2D eigenvalue weighted by atomic mass is 10.3. The highest BCUT2D eigenvalue weighted by Gasteiger charge is 2.09. The van der Waals surface area contributed by atoms with E-state index in [2.05, 4.69) is 26.2 Å². The van der Waals surface area contributed by atoms with Crippen molar-refractivity contribution in [1.82, 2.24) is 10.3 Å². The lowest BCUT2D eigenvalue weighted by molar-refractivity contribution is -0.125. The number of nitrogens with one attached hydrogen (secondary N) is 1. The van der Waals surface area contributed by atoms with Crippen LogP contribution in [0.5, 0.6) is 5.88 Å². The Morgan fingerprint density at radius 2 is 2.41 bits per heavy atom. The summed E-state index contributed by atoms with van der Waals surface area (Å²) in [6.07, 6.45) is 1.65. The van der Waals surface area contributed by atoms with Gasteiger partial charge in [-0.3, -0.25) is 4.79 Å². The SMILES string of the molecule is COCC(=O)NC(C)COc1ncccc1Br. The van der Waals surface area contributed by atoms with Crippen LogP contribution >= 0.6 is 15.9 Å². The third kappa shape index (κ3) is 5.14. The van der Waals surface area contributed by atoms with Crippen LogP contribution in [0.1, 0.15) is 6.92 Å². The Kier molecular flexibility index (Phi) is 5.93. The maximum Gasteiger partial charge on any atom is 0.246 e. The molecular weight excluding hydrogens is 288 g/mol. The number of methoxy groups -OCH3 is 1. The second kappa shape index (κ2) is 7.24. The van der Waals surface area contributed by atoms with Crippen molar-refractivity contribution in [1.29, 1.82) is 0 Å². The van der Waals surface area contributed by atoms with E-state index in [9.17, 15) is 4.79 Å². The van der Waals surface area contributed by atoms with Crippen molar-refractivity contribution >= 4 is 21.8 Å². The quantitative estimate of drug-likeness (QED) is 0.862. The summed E-state index contributed by atoms with van der Waals surface area (Å²) in [5.74, 6) is 0.351. The predicted octanol–water partition coefficient (Wildman–Crippen LogP) is 1.37. The Balaban J connectivity index is 2.35. The molecule has 1 N–H and O–H groups in total. The number of hydrogen-bond acceptors (Lipinski definition) is 4. The Hall–Kier alpha value is -1.14. The van der Waals surface area contributed by atoms with Crippen LogP contribution in [0.15, 0.2) is 22.8 Å². The molecule has 0 saturated carbocycles. The van der Waals surface area contributed by atoms with E-state index in [1.165, 1.54) is 7.11 Å². The third-order valence-corrected chi connectivity index (χ3v) is 2.48. The molecule has 0 aliphatic heterocycles. The van der Waals surface area contributed by atoms with E-state index in [1.807, 2.05) is 13.0 Å². The topological polar surface area (TPSA) is 60.5 Å². The number of aromatic nitrogens is 1. The molecule has 0 aliphatic rings. The van der Waals surface area contributed by atoms with Crippen LogP contribution in [0, 0.1) is 0 Å². The van der Waals surface area contributed by atoms with Crippen LogP contribution in [0.25, 0.3) is 0 Å². The number of carbonyl (C=O) groups excluding carboxylic acids is 1. The smallest absolute Gasteiger partial charge is 0.246 e. The molecule has 6 heteroatoms. The second-order valence-corrected chi connectivity index (χ2v) is 4.36. The third-order valence-electron chi connectivity index (χ3n) is 1.88. The van der Waals surface area contributed by atoms with Crippen LogP contribution in [0.2, 0.25) is 0 Å². The molecule has 1 aromatic rings. The minimum absolute atomic E-state index is 0.0532. The summed E-state index contributed by atoms with van der Waals surface area (Å²) < 4.78 is 11.0. The molecule has 17 heavy (non-hydrogen) atoms. The fourth-order valence-corrected chi connectivity index (χ4v) is 1.54. The number of rotatable bonds is 6. The van der Waals surface area contributed by atoms with E-state index in [4.69, 9.17) is 9.47 Å². The van der Waals surface area contributed by atoms with Crippen molar-refractivity contribution in [3.63, 3.8) is 0 Å². The summed E-state index contributed by atoms with van der Waals surface area (Å²) in [7, 11) is 1.48. The molecule has 0 saturated heterocycles. The first-order valence-electron chi connectivity index (χ1n) is 5.15. The van der Waals surface area contributed by atoms with Gasteiger partial charge in [-0.25, -0.2) is 4.98 Å². The summed E-state index contributed by atoms with van der Waals surface area (Å²) in [5.41, 5.74) is 0. The average molecular weight is 303 g/mol. The molecule has 0 radical (unpaired) electrons. The lowest BCUT2D eigenvalue weighted by Gasteiger charge is -2.14. The van der Waals surface area contributed by atoms with Gasteiger partial charge in [-0.2, -0.15) is 0 Å². The van der Waals surface area contributed by atoms with Gasteiger partial charge < -0.3 is 14.8 Å². The predicted molar refractivity (Wildman–Crippen MR) is 66.9 cm³/mol. The van der Waals surface area contributed by atoms with Crippen LogP contribution < -0.4 is 10.1 Å². The number of amides is 1. The van der Waals surface area contributed by atoms with Crippen LogP contribution in [0.3, 0.4) is 0 Å². The first kappa shape index (κ1) is 13.9. The van der Waals surface area contributed by atoms with E-state index >= 15 is 0 Å². The van der Waals surface area contributed by atoms with E-state index in [-0.39, 0.29) is 18.6 Å². The maximum atomic E-state index is 11.2. The molecule has 0 fully saturated rings. The average Bonchev–Trinajstić information content (AvgIpc) is 2.28. The van der Waals surface area contributed by atoms with Gasteiger partial charge >= 0.3 is 0 Å². The Morgan fingerprint density at radius 3 is 3.06 bits per heavy atom. The second-order valence-electron chi connectivity index (χ2n) is 3.50. The number of halogens is 1. The number of carbonyl (C=O) groups is 1. The Bertz CT molecular complexity index is 373.